The van der Waals surface area contributed by atoms with Gasteiger partial charge in [-0.1, -0.05) is 19.1 Å². The highest BCUT2D eigenvalue weighted by atomic mass is 16.5. The number of carbonyl (C=O) groups is 2. The van der Waals surface area contributed by atoms with Gasteiger partial charge in [0.2, 0.25) is 0 Å². The molecule has 1 N–H and O–H groups in total. The van der Waals surface area contributed by atoms with Crippen molar-refractivity contribution in [1.29, 1.82) is 0 Å². The summed E-state index contributed by atoms with van der Waals surface area (Å²) in [7, 11) is 3.21. The van der Waals surface area contributed by atoms with Crippen molar-refractivity contribution >= 4 is 11.8 Å². The topological polar surface area (TPSA) is 89.3 Å². The maximum atomic E-state index is 12.3. The molecular weight excluding hydrogens is 274 g/mol. The van der Waals surface area contributed by atoms with E-state index < -0.39 is 0 Å². The minimum absolute atomic E-state index is 0.000808. The molecule has 2 rings (SSSR count). The second-order valence-electron chi connectivity index (χ2n) is 5.51. The van der Waals surface area contributed by atoms with Gasteiger partial charge in [0.05, 0.1) is 19.2 Å². The van der Waals surface area contributed by atoms with Gasteiger partial charge in [-0.05, 0) is 5.92 Å². The summed E-state index contributed by atoms with van der Waals surface area (Å²) in [4.78, 5) is 26.0. The molecule has 116 valence electrons. The number of hydrogen-bond donors (Lipinski definition) is 1. The lowest BCUT2D eigenvalue weighted by atomic mass is 10.0. The standard InChI is InChI=1S/C13H21N5O3/c1-8(2)9-7-18-11(12(19)14-9)10(15-16-18)13(20)17(3)5-6-21-4/h8-9H,5-7H2,1-4H3,(H,14,19). The van der Waals surface area contributed by atoms with Crippen LogP contribution >= 0.6 is 0 Å². The van der Waals surface area contributed by atoms with Crippen LogP contribution in [0.25, 0.3) is 0 Å². The highest BCUT2D eigenvalue weighted by molar-refractivity contribution is 6.05. The SMILES string of the molecule is COCCN(C)C(=O)c1nnn2c1C(=O)NC(C(C)C)C2. The summed E-state index contributed by atoms with van der Waals surface area (Å²) in [5.41, 5.74) is 0.328. The number of rotatable bonds is 5. The predicted molar refractivity (Wildman–Crippen MR) is 75.0 cm³/mol. The minimum atomic E-state index is -0.327. The van der Waals surface area contributed by atoms with E-state index in [4.69, 9.17) is 4.74 Å². The van der Waals surface area contributed by atoms with Crippen LogP contribution in [0.5, 0.6) is 0 Å². The number of methoxy groups -OCH3 is 1. The third kappa shape index (κ3) is 3.05. The number of amides is 2. The van der Waals surface area contributed by atoms with Crippen molar-refractivity contribution in [3.8, 4) is 0 Å². The van der Waals surface area contributed by atoms with E-state index in [-0.39, 0.29) is 35.2 Å². The lowest BCUT2D eigenvalue weighted by Crippen LogP contribution is -2.48. The number of hydrogen-bond acceptors (Lipinski definition) is 5. The molecule has 8 heteroatoms. The average Bonchev–Trinajstić information content (AvgIpc) is 2.88. The number of aromatic nitrogens is 3. The van der Waals surface area contributed by atoms with Gasteiger partial charge in [-0.25, -0.2) is 4.68 Å². The zero-order chi connectivity index (χ0) is 15.6. The fraction of sp³-hybridized carbons (Fsp3) is 0.692. The van der Waals surface area contributed by atoms with Crippen molar-refractivity contribution < 1.29 is 14.3 Å². The third-order valence-electron chi connectivity index (χ3n) is 3.62. The summed E-state index contributed by atoms with van der Waals surface area (Å²) in [5, 5.41) is 10.7. The zero-order valence-corrected chi connectivity index (χ0v) is 12.8. The van der Waals surface area contributed by atoms with Crippen LogP contribution in [-0.2, 0) is 11.3 Å². The van der Waals surface area contributed by atoms with Gasteiger partial charge >= 0.3 is 0 Å². The van der Waals surface area contributed by atoms with Crippen molar-refractivity contribution in [1.82, 2.24) is 25.2 Å². The average molecular weight is 295 g/mol. The Kier molecular flexibility index (Phi) is 4.56. The molecule has 1 aliphatic rings. The van der Waals surface area contributed by atoms with Crippen LogP contribution in [0.3, 0.4) is 0 Å². The third-order valence-corrected chi connectivity index (χ3v) is 3.62. The van der Waals surface area contributed by atoms with E-state index in [0.29, 0.717) is 19.7 Å². The summed E-state index contributed by atoms with van der Waals surface area (Å²) < 4.78 is 6.45. The number of likely N-dealkylation sites (N-methyl/N-ethyl adjacent to an activating group) is 1. The van der Waals surface area contributed by atoms with Crippen molar-refractivity contribution in [3.05, 3.63) is 11.4 Å². The van der Waals surface area contributed by atoms with Gasteiger partial charge in [0.15, 0.2) is 11.4 Å². The highest BCUT2D eigenvalue weighted by Gasteiger charge is 2.33. The van der Waals surface area contributed by atoms with Gasteiger partial charge in [-0.2, -0.15) is 0 Å². The summed E-state index contributed by atoms with van der Waals surface area (Å²) in [6.07, 6.45) is 0. The van der Waals surface area contributed by atoms with E-state index in [1.165, 1.54) is 9.58 Å². The van der Waals surface area contributed by atoms with Crippen molar-refractivity contribution in [2.45, 2.75) is 26.4 Å². The molecule has 1 unspecified atom stereocenters. The fourth-order valence-electron chi connectivity index (χ4n) is 2.17. The van der Waals surface area contributed by atoms with Crippen LogP contribution in [0.1, 0.15) is 34.8 Å². The molecule has 0 saturated carbocycles. The Hall–Kier alpha value is -1.96. The minimum Gasteiger partial charge on any atom is -0.383 e. The molecule has 1 atom stereocenters. The predicted octanol–water partition coefficient (Wildman–Crippen LogP) is -0.235. The van der Waals surface area contributed by atoms with Crippen LogP contribution in [0.4, 0.5) is 0 Å². The van der Waals surface area contributed by atoms with Gasteiger partial charge in [-0.15, -0.1) is 5.10 Å². The van der Waals surface area contributed by atoms with Gasteiger partial charge in [0, 0.05) is 20.7 Å². The summed E-state index contributed by atoms with van der Waals surface area (Å²) in [5.74, 6) is -0.338. The van der Waals surface area contributed by atoms with Crippen molar-refractivity contribution in [3.63, 3.8) is 0 Å². The molecule has 0 saturated heterocycles. The molecule has 2 amide bonds. The molecule has 21 heavy (non-hydrogen) atoms. The molecule has 8 nitrogen and oxygen atoms in total. The lowest BCUT2D eigenvalue weighted by Gasteiger charge is -2.27. The Morgan fingerprint density at radius 3 is 2.90 bits per heavy atom. The van der Waals surface area contributed by atoms with Crippen LogP contribution in [-0.4, -0.2) is 65.1 Å². The van der Waals surface area contributed by atoms with Crippen LogP contribution in [0.15, 0.2) is 0 Å². The molecule has 1 aliphatic heterocycles. The quantitative estimate of drug-likeness (QED) is 0.810. The number of nitrogens with one attached hydrogen (secondary N) is 1. The first-order valence-corrected chi connectivity index (χ1v) is 6.94. The fourth-order valence-corrected chi connectivity index (χ4v) is 2.17. The lowest BCUT2D eigenvalue weighted by molar-refractivity contribution is 0.0728. The molecule has 0 spiro atoms. The molecule has 0 bridgehead atoms. The molecule has 1 aromatic rings. The molecule has 0 fully saturated rings. The summed E-state index contributed by atoms with van der Waals surface area (Å²) in [6.45, 7) is 5.43. The van der Waals surface area contributed by atoms with Crippen molar-refractivity contribution in [2.75, 3.05) is 27.3 Å². The molecule has 0 aliphatic carbocycles. The largest absolute Gasteiger partial charge is 0.383 e. The first-order valence-electron chi connectivity index (χ1n) is 6.94. The summed E-state index contributed by atoms with van der Waals surface area (Å²) >= 11 is 0. The maximum absolute atomic E-state index is 12.3. The Balaban J connectivity index is 2.22. The zero-order valence-electron chi connectivity index (χ0n) is 12.8. The first-order chi connectivity index (χ1) is 9.95. The van der Waals surface area contributed by atoms with Crippen LogP contribution < -0.4 is 5.32 Å². The number of fused-ring (bicyclic) bond motifs is 1. The number of ether oxygens (including phenoxy) is 1. The molecule has 1 aromatic heterocycles. The number of nitrogens with zero attached hydrogens (tertiary/aromatic N) is 4. The van der Waals surface area contributed by atoms with Gasteiger partial charge < -0.3 is 15.0 Å². The normalized spacial score (nSPS) is 17.6. The van der Waals surface area contributed by atoms with Crippen LogP contribution in [0, 0.1) is 5.92 Å². The van der Waals surface area contributed by atoms with Gasteiger partial charge in [0.1, 0.15) is 0 Å². The van der Waals surface area contributed by atoms with Crippen molar-refractivity contribution in [2.24, 2.45) is 5.92 Å². The second kappa shape index (κ2) is 6.21. The van der Waals surface area contributed by atoms with E-state index in [2.05, 4.69) is 15.6 Å². The molecular formula is C13H21N5O3. The molecule has 0 radical (unpaired) electrons. The van der Waals surface area contributed by atoms with Crippen LogP contribution in [0.2, 0.25) is 0 Å². The molecule has 0 aromatic carbocycles. The Labute approximate surface area is 123 Å². The van der Waals surface area contributed by atoms with E-state index in [1.807, 2.05) is 13.8 Å². The van der Waals surface area contributed by atoms with E-state index in [9.17, 15) is 9.59 Å². The number of carbonyl (C=O) groups excluding carboxylic acids is 2. The Morgan fingerprint density at radius 1 is 1.57 bits per heavy atom. The molecule has 2 heterocycles. The van der Waals surface area contributed by atoms with E-state index >= 15 is 0 Å². The first kappa shape index (κ1) is 15.4. The van der Waals surface area contributed by atoms with Gasteiger partial charge in [0.25, 0.3) is 11.8 Å². The Bertz CT molecular complexity index is 540. The van der Waals surface area contributed by atoms with Gasteiger partial charge in [-0.3, -0.25) is 9.59 Å². The van der Waals surface area contributed by atoms with E-state index in [0.717, 1.165) is 0 Å². The highest BCUT2D eigenvalue weighted by Crippen LogP contribution is 2.16. The second-order valence-corrected chi connectivity index (χ2v) is 5.51. The monoisotopic (exact) mass is 295 g/mol. The van der Waals surface area contributed by atoms with E-state index in [1.54, 1.807) is 14.2 Å². The Morgan fingerprint density at radius 2 is 2.29 bits per heavy atom. The smallest absolute Gasteiger partial charge is 0.276 e. The maximum Gasteiger partial charge on any atom is 0.276 e. The summed E-state index contributed by atoms with van der Waals surface area (Å²) in [6, 6.07) is 0.000808.